The molecular weight excluding hydrogens is 318 g/mol. The van der Waals surface area contributed by atoms with Crippen molar-refractivity contribution in [1.29, 1.82) is 0 Å². The average molecular weight is 338 g/mol. The molecule has 0 radical (unpaired) electrons. The first kappa shape index (κ1) is 16.8. The van der Waals surface area contributed by atoms with Gasteiger partial charge >= 0.3 is 0 Å². The quantitative estimate of drug-likeness (QED) is 0.824. The van der Waals surface area contributed by atoms with Crippen LogP contribution in [0.4, 0.5) is 0 Å². The molecule has 22 heavy (non-hydrogen) atoms. The lowest BCUT2D eigenvalue weighted by molar-refractivity contribution is 0.0948. The number of rotatable bonds is 5. The molecule has 0 saturated heterocycles. The molecule has 6 heteroatoms. The SMILES string of the molecule is Cl.O=C(NCC1=CCNCC1)c1cccn1Cc1cccs1. The highest BCUT2D eigenvalue weighted by molar-refractivity contribution is 7.09. The Hall–Kier alpha value is -1.56. The van der Waals surface area contributed by atoms with Crippen LogP contribution in [0.3, 0.4) is 0 Å². The highest BCUT2D eigenvalue weighted by atomic mass is 35.5. The van der Waals surface area contributed by atoms with E-state index < -0.39 is 0 Å². The van der Waals surface area contributed by atoms with Gasteiger partial charge in [0.1, 0.15) is 5.69 Å². The van der Waals surface area contributed by atoms with Gasteiger partial charge in [0, 0.05) is 24.2 Å². The third kappa shape index (κ3) is 4.22. The maximum Gasteiger partial charge on any atom is 0.268 e. The summed E-state index contributed by atoms with van der Waals surface area (Å²) in [5.74, 6) is -0.00371. The Morgan fingerprint density at radius 3 is 3.00 bits per heavy atom. The van der Waals surface area contributed by atoms with Gasteiger partial charge in [0.15, 0.2) is 0 Å². The lowest BCUT2D eigenvalue weighted by Crippen LogP contribution is -2.30. The van der Waals surface area contributed by atoms with Crippen molar-refractivity contribution >= 4 is 29.7 Å². The molecular formula is C16H20ClN3OS. The van der Waals surface area contributed by atoms with Crippen molar-refractivity contribution in [3.8, 4) is 0 Å². The first-order valence-corrected chi connectivity index (χ1v) is 8.05. The number of halogens is 1. The maximum atomic E-state index is 12.3. The van der Waals surface area contributed by atoms with E-state index in [-0.39, 0.29) is 18.3 Å². The summed E-state index contributed by atoms with van der Waals surface area (Å²) >= 11 is 1.71. The van der Waals surface area contributed by atoms with Crippen LogP contribution < -0.4 is 10.6 Å². The zero-order chi connectivity index (χ0) is 14.5. The number of thiophene rings is 1. The molecule has 0 fully saturated rings. The number of nitrogens with one attached hydrogen (secondary N) is 2. The van der Waals surface area contributed by atoms with Crippen LogP contribution in [0.25, 0.3) is 0 Å². The molecule has 0 bridgehead atoms. The van der Waals surface area contributed by atoms with Gasteiger partial charge in [-0.2, -0.15) is 0 Å². The van der Waals surface area contributed by atoms with E-state index in [2.05, 4.69) is 28.2 Å². The van der Waals surface area contributed by atoms with Gasteiger partial charge in [0.05, 0.1) is 6.54 Å². The van der Waals surface area contributed by atoms with Crippen LogP contribution in [0, 0.1) is 0 Å². The molecule has 0 aliphatic carbocycles. The summed E-state index contributed by atoms with van der Waals surface area (Å²) in [4.78, 5) is 13.6. The highest BCUT2D eigenvalue weighted by Gasteiger charge is 2.12. The predicted molar refractivity (Wildman–Crippen MR) is 93.0 cm³/mol. The zero-order valence-electron chi connectivity index (χ0n) is 12.2. The second kappa shape index (κ2) is 8.17. The molecule has 0 atom stereocenters. The van der Waals surface area contributed by atoms with Crippen molar-refractivity contribution < 1.29 is 4.79 Å². The molecule has 4 nitrogen and oxygen atoms in total. The summed E-state index contributed by atoms with van der Waals surface area (Å²) in [6.45, 7) is 3.29. The van der Waals surface area contributed by atoms with Gasteiger partial charge in [-0.3, -0.25) is 4.79 Å². The van der Waals surface area contributed by atoms with E-state index in [9.17, 15) is 4.79 Å². The summed E-state index contributed by atoms with van der Waals surface area (Å²) in [7, 11) is 0. The van der Waals surface area contributed by atoms with E-state index in [0.29, 0.717) is 6.54 Å². The molecule has 2 aromatic rings. The van der Waals surface area contributed by atoms with E-state index in [1.807, 2.05) is 29.0 Å². The average Bonchev–Trinajstić information content (AvgIpc) is 3.18. The zero-order valence-corrected chi connectivity index (χ0v) is 13.9. The first-order chi connectivity index (χ1) is 10.3. The molecule has 1 aliphatic rings. The van der Waals surface area contributed by atoms with Crippen LogP contribution in [-0.2, 0) is 6.54 Å². The van der Waals surface area contributed by atoms with Crippen LogP contribution in [0.2, 0.25) is 0 Å². The van der Waals surface area contributed by atoms with Crippen LogP contribution in [0.15, 0.2) is 47.5 Å². The van der Waals surface area contributed by atoms with Crippen LogP contribution in [-0.4, -0.2) is 30.1 Å². The van der Waals surface area contributed by atoms with Gasteiger partial charge in [-0.1, -0.05) is 17.7 Å². The molecule has 0 unspecified atom stereocenters. The van der Waals surface area contributed by atoms with Crippen LogP contribution in [0.1, 0.15) is 21.8 Å². The maximum absolute atomic E-state index is 12.3. The number of carbonyl (C=O) groups excluding carboxylic acids is 1. The van der Waals surface area contributed by atoms with Crippen molar-refractivity contribution in [3.63, 3.8) is 0 Å². The fourth-order valence-electron chi connectivity index (χ4n) is 2.44. The number of nitrogens with zero attached hydrogens (tertiary/aromatic N) is 1. The third-order valence-corrected chi connectivity index (χ3v) is 4.46. The molecule has 1 amide bonds. The standard InChI is InChI=1S/C16H19N3OS.ClH/c20-16(18-11-13-5-7-17-8-6-13)15-4-1-9-19(15)12-14-3-2-10-21-14;/h1-5,9-10,17H,6-8,11-12H2,(H,18,20);1H. The van der Waals surface area contributed by atoms with E-state index in [1.165, 1.54) is 10.5 Å². The van der Waals surface area contributed by atoms with Crippen molar-refractivity contribution in [3.05, 3.63) is 58.1 Å². The largest absolute Gasteiger partial charge is 0.347 e. The minimum atomic E-state index is -0.00371. The Morgan fingerprint density at radius 2 is 2.27 bits per heavy atom. The van der Waals surface area contributed by atoms with Gasteiger partial charge in [-0.25, -0.2) is 0 Å². The van der Waals surface area contributed by atoms with Crippen molar-refractivity contribution in [2.45, 2.75) is 13.0 Å². The molecule has 0 aromatic carbocycles. The number of hydrogen-bond acceptors (Lipinski definition) is 3. The number of amides is 1. The minimum absolute atomic E-state index is 0. The minimum Gasteiger partial charge on any atom is -0.347 e. The van der Waals surface area contributed by atoms with Crippen molar-refractivity contribution in [2.24, 2.45) is 0 Å². The van der Waals surface area contributed by atoms with E-state index >= 15 is 0 Å². The van der Waals surface area contributed by atoms with E-state index in [0.717, 1.165) is 31.7 Å². The van der Waals surface area contributed by atoms with Crippen molar-refractivity contribution in [1.82, 2.24) is 15.2 Å². The molecule has 2 aromatic heterocycles. The first-order valence-electron chi connectivity index (χ1n) is 7.17. The van der Waals surface area contributed by atoms with Crippen LogP contribution >= 0.6 is 23.7 Å². The third-order valence-electron chi connectivity index (χ3n) is 3.60. The Kier molecular flexibility index (Phi) is 6.24. The lowest BCUT2D eigenvalue weighted by Gasteiger charge is -2.15. The van der Waals surface area contributed by atoms with E-state index in [1.54, 1.807) is 11.3 Å². The summed E-state index contributed by atoms with van der Waals surface area (Å²) < 4.78 is 2.00. The smallest absolute Gasteiger partial charge is 0.268 e. The van der Waals surface area contributed by atoms with Crippen molar-refractivity contribution in [2.75, 3.05) is 19.6 Å². The molecule has 3 heterocycles. The Bertz CT molecular complexity index is 634. The molecule has 0 spiro atoms. The normalized spacial score (nSPS) is 14.1. The second-order valence-electron chi connectivity index (χ2n) is 5.10. The Morgan fingerprint density at radius 1 is 1.36 bits per heavy atom. The summed E-state index contributed by atoms with van der Waals surface area (Å²) in [6.07, 6.45) is 5.13. The molecule has 2 N–H and O–H groups in total. The fourth-order valence-corrected chi connectivity index (χ4v) is 3.15. The number of hydrogen-bond donors (Lipinski definition) is 2. The van der Waals surface area contributed by atoms with Gasteiger partial charge in [0.2, 0.25) is 0 Å². The summed E-state index contributed by atoms with van der Waals surface area (Å²) in [5, 5.41) is 8.35. The van der Waals surface area contributed by atoms with Crippen LogP contribution in [0.5, 0.6) is 0 Å². The Labute approximate surface area is 140 Å². The topological polar surface area (TPSA) is 46.1 Å². The molecule has 118 valence electrons. The summed E-state index contributed by atoms with van der Waals surface area (Å²) in [5.41, 5.74) is 2.02. The summed E-state index contributed by atoms with van der Waals surface area (Å²) in [6, 6.07) is 7.92. The second-order valence-corrected chi connectivity index (χ2v) is 6.13. The molecule has 0 saturated carbocycles. The van der Waals surface area contributed by atoms with E-state index in [4.69, 9.17) is 0 Å². The van der Waals surface area contributed by atoms with Gasteiger partial charge < -0.3 is 15.2 Å². The molecule has 3 rings (SSSR count). The monoisotopic (exact) mass is 337 g/mol. The fraction of sp³-hybridized carbons (Fsp3) is 0.312. The Balaban J connectivity index is 0.00000176. The lowest BCUT2D eigenvalue weighted by atomic mass is 10.1. The van der Waals surface area contributed by atoms with Gasteiger partial charge in [-0.05, 0) is 36.5 Å². The molecule has 1 aliphatic heterocycles. The highest BCUT2D eigenvalue weighted by Crippen LogP contribution is 2.13. The van der Waals surface area contributed by atoms with Gasteiger partial charge in [-0.15, -0.1) is 23.7 Å². The predicted octanol–water partition coefficient (Wildman–Crippen LogP) is 2.67. The number of aromatic nitrogens is 1. The number of carbonyl (C=O) groups is 1. The van der Waals surface area contributed by atoms with Gasteiger partial charge in [0.25, 0.3) is 5.91 Å².